The molecule has 0 aliphatic heterocycles. The minimum atomic E-state index is -1.73. The summed E-state index contributed by atoms with van der Waals surface area (Å²) >= 11 is 0. The molecule has 0 saturated heterocycles. The Kier molecular flexibility index (Phi) is 4.45. The molecule has 0 heterocycles. The van der Waals surface area contributed by atoms with E-state index in [1.165, 1.54) is 0 Å². The summed E-state index contributed by atoms with van der Waals surface area (Å²) in [5, 5.41) is 16.3. The van der Waals surface area contributed by atoms with Gasteiger partial charge in [0.25, 0.3) is 0 Å². The van der Waals surface area contributed by atoms with Crippen LogP contribution in [0.4, 0.5) is 0 Å². The maximum absolute atomic E-state index is 10.6. The molecule has 0 bridgehead atoms. The average Bonchev–Trinajstić information content (AvgIpc) is 2.00. The molecule has 0 aliphatic carbocycles. The second-order valence-corrected chi connectivity index (χ2v) is 2.14. The van der Waals surface area contributed by atoms with Crippen molar-refractivity contribution in [2.24, 2.45) is 5.73 Å². The Balaban J connectivity index is 3.74. The Morgan fingerprint density at radius 1 is 1.23 bits per heavy atom. The fourth-order valence-electron chi connectivity index (χ4n) is 0.460. The quantitative estimate of drug-likeness (QED) is 0.366. The SMILES string of the molecule is N[C@@H](OC(=O)CCC(=O)O)C(=O)O. The van der Waals surface area contributed by atoms with Gasteiger partial charge < -0.3 is 14.9 Å². The van der Waals surface area contributed by atoms with E-state index in [4.69, 9.17) is 15.9 Å². The number of hydrogen-bond acceptors (Lipinski definition) is 5. The van der Waals surface area contributed by atoms with Gasteiger partial charge in [0.05, 0.1) is 12.8 Å². The molecule has 7 nitrogen and oxygen atoms in total. The first-order chi connectivity index (χ1) is 5.93. The number of ether oxygens (including phenoxy) is 1. The van der Waals surface area contributed by atoms with Crippen LogP contribution >= 0.6 is 0 Å². The Hall–Kier alpha value is -1.63. The molecule has 1 atom stereocenters. The van der Waals surface area contributed by atoms with Gasteiger partial charge in [-0.25, -0.2) is 4.79 Å². The Morgan fingerprint density at radius 3 is 2.15 bits per heavy atom. The van der Waals surface area contributed by atoms with Crippen LogP contribution in [-0.4, -0.2) is 34.3 Å². The average molecular weight is 191 g/mol. The molecule has 13 heavy (non-hydrogen) atoms. The van der Waals surface area contributed by atoms with Crippen molar-refractivity contribution >= 4 is 17.9 Å². The second-order valence-electron chi connectivity index (χ2n) is 2.14. The molecule has 0 amide bonds. The van der Waals surface area contributed by atoms with E-state index in [-0.39, 0.29) is 0 Å². The first-order valence-electron chi connectivity index (χ1n) is 3.33. The summed E-state index contributed by atoms with van der Waals surface area (Å²) in [7, 11) is 0. The van der Waals surface area contributed by atoms with E-state index in [1.807, 2.05) is 0 Å². The van der Waals surface area contributed by atoms with Crippen molar-refractivity contribution in [3.8, 4) is 0 Å². The highest BCUT2D eigenvalue weighted by Crippen LogP contribution is 1.94. The molecule has 0 radical (unpaired) electrons. The number of esters is 1. The number of rotatable bonds is 5. The van der Waals surface area contributed by atoms with Crippen LogP contribution in [0.5, 0.6) is 0 Å². The summed E-state index contributed by atoms with van der Waals surface area (Å²) in [6, 6.07) is 0. The van der Waals surface area contributed by atoms with E-state index in [2.05, 4.69) is 4.74 Å². The molecule has 0 aromatic carbocycles. The number of aliphatic carboxylic acids is 2. The van der Waals surface area contributed by atoms with Gasteiger partial charge >= 0.3 is 17.9 Å². The number of carboxylic acids is 2. The summed E-state index contributed by atoms with van der Waals surface area (Å²) in [6.07, 6.45) is -2.54. The van der Waals surface area contributed by atoms with Gasteiger partial charge in [0.2, 0.25) is 6.23 Å². The lowest BCUT2D eigenvalue weighted by atomic mass is 10.3. The second kappa shape index (κ2) is 5.09. The third-order valence-electron chi connectivity index (χ3n) is 1.04. The molecular formula is C6H9NO6. The lowest BCUT2D eigenvalue weighted by Crippen LogP contribution is -2.35. The van der Waals surface area contributed by atoms with Crippen LogP contribution in [0.15, 0.2) is 0 Å². The number of carboxylic acid groups (broad SMARTS) is 2. The van der Waals surface area contributed by atoms with E-state index in [9.17, 15) is 14.4 Å². The van der Waals surface area contributed by atoms with Gasteiger partial charge in [0.1, 0.15) is 0 Å². The minimum absolute atomic E-state index is 0.393. The number of carbonyl (C=O) groups is 3. The lowest BCUT2D eigenvalue weighted by Gasteiger charge is -2.06. The summed E-state index contributed by atoms with van der Waals surface area (Å²) < 4.78 is 4.14. The monoisotopic (exact) mass is 191 g/mol. The van der Waals surface area contributed by atoms with Gasteiger partial charge in [0, 0.05) is 0 Å². The van der Waals surface area contributed by atoms with Gasteiger partial charge in [0.15, 0.2) is 0 Å². The molecule has 7 heteroatoms. The maximum Gasteiger partial charge on any atom is 0.360 e. The van der Waals surface area contributed by atoms with Crippen LogP contribution in [0.25, 0.3) is 0 Å². The summed E-state index contributed by atoms with van der Waals surface area (Å²) in [5.41, 5.74) is 4.83. The van der Waals surface area contributed by atoms with Gasteiger partial charge in [-0.15, -0.1) is 0 Å². The van der Waals surface area contributed by atoms with Crippen LogP contribution in [-0.2, 0) is 19.1 Å². The highest BCUT2D eigenvalue weighted by Gasteiger charge is 2.17. The predicted octanol–water partition coefficient (Wildman–Crippen LogP) is -1.24. The molecule has 0 unspecified atom stereocenters. The van der Waals surface area contributed by atoms with Crippen molar-refractivity contribution in [1.29, 1.82) is 0 Å². The van der Waals surface area contributed by atoms with Gasteiger partial charge in [-0.05, 0) is 0 Å². The third-order valence-corrected chi connectivity index (χ3v) is 1.04. The van der Waals surface area contributed by atoms with Gasteiger partial charge in [-0.1, -0.05) is 0 Å². The fraction of sp³-hybridized carbons (Fsp3) is 0.500. The fourth-order valence-corrected chi connectivity index (χ4v) is 0.460. The molecule has 4 N–H and O–H groups in total. The summed E-state index contributed by atoms with van der Waals surface area (Å²) in [4.78, 5) is 30.7. The highest BCUT2D eigenvalue weighted by molar-refractivity contribution is 5.80. The Morgan fingerprint density at radius 2 is 1.77 bits per heavy atom. The highest BCUT2D eigenvalue weighted by atomic mass is 16.6. The van der Waals surface area contributed by atoms with E-state index in [0.29, 0.717) is 0 Å². The number of carbonyl (C=O) groups excluding carboxylic acids is 1. The molecule has 0 aromatic heterocycles. The number of hydrogen-bond donors (Lipinski definition) is 3. The van der Waals surface area contributed by atoms with E-state index in [0.717, 1.165) is 0 Å². The van der Waals surface area contributed by atoms with Crippen LogP contribution < -0.4 is 5.73 Å². The van der Waals surface area contributed by atoms with Crippen LogP contribution in [0, 0.1) is 0 Å². The van der Waals surface area contributed by atoms with E-state index in [1.54, 1.807) is 0 Å². The lowest BCUT2D eigenvalue weighted by molar-refractivity contribution is -0.164. The molecule has 0 rings (SSSR count). The van der Waals surface area contributed by atoms with Crippen molar-refractivity contribution in [3.05, 3.63) is 0 Å². The zero-order chi connectivity index (χ0) is 10.4. The summed E-state index contributed by atoms with van der Waals surface area (Å²) in [5.74, 6) is -3.60. The molecule has 0 saturated carbocycles. The Labute approximate surface area is 73.1 Å². The first-order valence-corrected chi connectivity index (χ1v) is 3.33. The van der Waals surface area contributed by atoms with Crippen LogP contribution in [0.3, 0.4) is 0 Å². The van der Waals surface area contributed by atoms with Crippen molar-refractivity contribution in [2.45, 2.75) is 19.1 Å². The molecule has 0 aromatic rings. The van der Waals surface area contributed by atoms with Crippen molar-refractivity contribution in [1.82, 2.24) is 0 Å². The first kappa shape index (κ1) is 11.4. The predicted molar refractivity (Wildman–Crippen MR) is 38.6 cm³/mol. The molecule has 0 fully saturated rings. The van der Waals surface area contributed by atoms with Gasteiger partial charge in [-0.2, -0.15) is 0 Å². The van der Waals surface area contributed by atoms with Crippen molar-refractivity contribution in [3.63, 3.8) is 0 Å². The van der Waals surface area contributed by atoms with E-state index >= 15 is 0 Å². The Bertz CT molecular complexity index is 225. The third kappa shape index (κ3) is 5.62. The normalized spacial score (nSPS) is 11.8. The maximum atomic E-state index is 10.6. The van der Waals surface area contributed by atoms with Gasteiger partial charge in [-0.3, -0.25) is 15.3 Å². The van der Waals surface area contributed by atoms with E-state index < -0.39 is 37.0 Å². The number of nitrogens with two attached hydrogens (primary N) is 1. The summed E-state index contributed by atoms with van der Waals surface area (Å²) in [6.45, 7) is 0. The molecule has 0 spiro atoms. The smallest absolute Gasteiger partial charge is 0.360 e. The van der Waals surface area contributed by atoms with Crippen molar-refractivity contribution in [2.75, 3.05) is 0 Å². The largest absolute Gasteiger partial charge is 0.481 e. The molecular weight excluding hydrogens is 182 g/mol. The van der Waals surface area contributed by atoms with Crippen LogP contribution in [0.1, 0.15) is 12.8 Å². The molecule has 0 aliphatic rings. The zero-order valence-electron chi connectivity index (χ0n) is 6.60. The van der Waals surface area contributed by atoms with Crippen molar-refractivity contribution < 1.29 is 29.3 Å². The zero-order valence-corrected chi connectivity index (χ0v) is 6.60. The molecule has 74 valence electrons. The standard InChI is InChI=1S/C6H9NO6/c7-5(6(11)12)13-4(10)2-1-3(8)9/h5H,1-2,7H2,(H,8,9)(H,11,12)/t5-/m0/s1. The minimum Gasteiger partial charge on any atom is -0.481 e. The topological polar surface area (TPSA) is 127 Å². The van der Waals surface area contributed by atoms with Crippen LogP contribution in [0.2, 0.25) is 0 Å².